The summed E-state index contributed by atoms with van der Waals surface area (Å²) in [6, 6.07) is 6.92. The summed E-state index contributed by atoms with van der Waals surface area (Å²) in [5.41, 5.74) is 2.34. The van der Waals surface area contributed by atoms with E-state index in [1.165, 1.54) is 18.4 Å². The molecule has 1 unspecified atom stereocenters. The van der Waals surface area contributed by atoms with E-state index >= 15 is 0 Å². The Labute approximate surface area is 187 Å². The van der Waals surface area contributed by atoms with Crippen molar-refractivity contribution in [3.63, 3.8) is 0 Å². The highest BCUT2D eigenvalue weighted by atomic mass is 32.1. The van der Waals surface area contributed by atoms with E-state index in [1.807, 2.05) is 37.4 Å². The molecular weight excluding hydrogens is 412 g/mol. The van der Waals surface area contributed by atoms with E-state index in [1.54, 1.807) is 11.0 Å². The van der Waals surface area contributed by atoms with Crippen molar-refractivity contribution in [3.8, 4) is 5.75 Å². The highest BCUT2D eigenvalue weighted by molar-refractivity contribution is 7.10. The summed E-state index contributed by atoms with van der Waals surface area (Å²) in [4.78, 5) is 30.8. The van der Waals surface area contributed by atoms with Gasteiger partial charge in [-0.2, -0.15) is 0 Å². The van der Waals surface area contributed by atoms with Crippen molar-refractivity contribution in [2.75, 3.05) is 33.3 Å². The maximum absolute atomic E-state index is 13.1. The van der Waals surface area contributed by atoms with Crippen LogP contribution in [0.1, 0.15) is 41.5 Å². The third-order valence-corrected chi connectivity index (χ3v) is 6.71. The van der Waals surface area contributed by atoms with Crippen LogP contribution in [0.3, 0.4) is 0 Å². The number of aryl methyl sites for hydroxylation is 2. The number of amides is 1. The number of likely N-dealkylation sites (tertiary alicyclic amines) is 1. The predicted molar refractivity (Wildman–Crippen MR) is 124 cm³/mol. The molecule has 1 aliphatic rings. The number of rotatable bonds is 8. The van der Waals surface area contributed by atoms with Crippen LogP contribution in [-0.4, -0.2) is 59.9 Å². The summed E-state index contributed by atoms with van der Waals surface area (Å²) >= 11 is 1.47. The number of likely N-dealkylation sites (N-methyl/N-ethyl adjacent to an activating group) is 1. The molecule has 0 bridgehead atoms. The van der Waals surface area contributed by atoms with Gasteiger partial charge in [-0.1, -0.05) is 26.0 Å². The number of benzene rings is 1. The highest BCUT2D eigenvalue weighted by Crippen LogP contribution is 2.42. The van der Waals surface area contributed by atoms with E-state index in [2.05, 4.69) is 18.7 Å². The zero-order chi connectivity index (χ0) is 22.7. The van der Waals surface area contributed by atoms with Crippen molar-refractivity contribution in [2.45, 2.75) is 33.7 Å². The minimum atomic E-state index is -0.656. The first-order valence-electron chi connectivity index (χ1n) is 10.5. The lowest BCUT2D eigenvalue weighted by Crippen LogP contribution is -2.37. The Bertz CT molecular complexity index is 993. The zero-order valence-corrected chi connectivity index (χ0v) is 19.6. The second-order valence-corrected chi connectivity index (χ2v) is 8.68. The Kier molecular flexibility index (Phi) is 7.18. The number of thiophene rings is 1. The van der Waals surface area contributed by atoms with E-state index in [9.17, 15) is 14.7 Å². The maximum Gasteiger partial charge on any atom is 0.295 e. The molecule has 0 saturated carbocycles. The van der Waals surface area contributed by atoms with Crippen LogP contribution in [0, 0.1) is 13.8 Å². The molecule has 6 nitrogen and oxygen atoms in total. The van der Waals surface area contributed by atoms with Gasteiger partial charge >= 0.3 is 0 Å². The average molecular weight is 443 g/mol. The first kappa shape index (κ1) is 23.0. The lowest BCUT2D eigenvalue weighted by Gasteiger charge is -2.27. The topological polar surface area (TPSA) is 70.1 Å². The molecule has 1 amide bonds. The van der Waals surface area contributed by atoms with Crippen LogP contribution in [-0.2, 0) is 9.59 Å². The summed E-state index contributed by atoms with van der Waals surface area (Å²) in [7, 11) is 1.54. The summed E-state index contributed by atoms with van der Waals surface area (Å²) in [5, 5.41) is 13.2. The number of carbonyl (C=O) groups excluding carboxylic acids is 2. The van der Waals surface area contributed by atoms with Crippen LogP contribution in [0.15, 0.2) is 35.2 Å². The summed E-state index contributed by atoms with van der Waals surface area (Å²) in [6.45, 7) is 10.8. The van der Waals surface area contributed by atoms with Crippen molar-refractivity contribution < 1.29 is 19.4 Å². The minimum absolute atomic E-state index is 0.121. The van der Waals surface area contributed by atoms with E-state index in [0.717, 1.165) is 29.1 Å². The Hall–Kier alpha value is -2.64. The molecule has 3 rings (SSSR count). The van der Waals surface area contributed by atoms with E-state index in [0.29, 0.717) is 24.4 Å². The van der Waals surface area contributed by atoms with E-state index in [4.69, 9.17) is 4.74 Å². The van der Waals surface area contributed by atoms with Gasteiger partial charge in [0.15, 0.2) is 0 Å². The number of ether oxygens (including phenoxy) is 1. The molecule has 1 fully saturated rings. The number of nitrogens with zero attached hydrogens (tertiary/aromatic N) is 2. The molecule has 1 saturated heterocycles. The molecule has 1 atom stereocenters. The number of hydrogen-bond donors (Lipinski definition) is 1. The lowest BCUT2D eigenvalue weighted by atomic mass is 9.96. The van der Waals surface area contributed by atoms with Gasteiger partial charge in [0.2, 0.25) is 0 Å². The molecule has 1 aromatic heterocycles. The second kappa shape index (κ2) is 9.66. The molecule has 2 aromatic rings. The van der Waals surface area contributed by atoms with Gasteiger partial charge in [0, 0.05) is 18.0 Å². The predicted octanol–water partition coefficient (Wildman–Crippen LogP) is 4.14. The van der Waals surface area contributed by atoms with Gasteiger partial charge in [-0.05, 0) is 55.6 Å². The van der Waals surface area contributed by atoms with E-state index in [-0.39, 0.29) is 11.3 Å². The quantitative estimate of drug-likeness (QED) is 0.378. The molecule has 2 heterocycles. The van der Waals surface area contributed by atoms with Crippen LogP contribution in [0.4, 0.5) is 0 Å². The zero-order valence-electron chi connectivity index (χ0n) is 18.8. The Morgan fingerprint density at radius 1 is 1.23 bits per heavy atom. The monoisotopic (exact) mass is 442 g/mol. The van der Waals surface area contributed by atoms with Crippen molar-refractivity contribution >= 4 is 28.8 Å². The van der Waals surface area contributed by atoms with Crippen molar-refractivity contribution in [3.05, 3.63) is 56.8 Å². The third-order valence-electron chi connectivity index (χ3n) is 5.78. The van der Waals surface area contributed by atoms with Gasteiger partial charge in [0.25, 0.3) is 11.7 Å². The van der Waals surface area contributed by atoms with Crippen LogP contribution >= 0.6 is 11.3 Å². The largest absolute Gasteiger partial charge is 0.507 e. The standard InChI is InChI=1S/C24H30N2O4S/c1-6-25(7-2)10-11-26-20(18-9-8-12-31-18)19(22(28)24(26)29)21(27)17-14-15(3)13-16(4)23(17)30-5/h8-9,12-14,20,27H,6-7,10-11H2,1-5H3/b21-19-. The molecule has 1 N–H and O–H groups in total. The molecule has 0 aliphatic carbocycles. The number of carbonyl (C=O) groups is 2. The summed E-state index contributed by atoms with van der Waals surface area (Å²) < 4.78 is 5.53. The van der Waals surface area contributed by atoms with Gasteiger partial charge in [0.05, 0.1) is 24.3 Å². The lowest BCUT2D eigenvalue weighted by molar-refractivity contribution is -0.140. The third kappa shape index (κ3) is 4.38. The molecule has 7 heteroatoms. The fraction of sp³-hybridized carbons (Fsp3) is 0.417. The van der Waals surface area contributed by atoms with Crippen molar-refractivity contribution in [2.24, 2.45) is 0 Å². The normalized spacial score (nSPS) is 18.3. The van der Waals surface area contributed by atoms with Gasteiger partial charge in [-0.15, -0.1) is 11.3 Å². The molecule has 31 heavy (non-hydrogen) atoms. The molecular formula is C24H30N2O4S. The first-order valence-corrected chi connectivity index (χ1v) is 11.4. The highest BCUT2D eigenvalue weighted by Gasteiger charge is 2.46. The maximum atomic E-state index is 13.1. The van der Waals surface area contributed by atoms with Crippen LogP contribution in [0.5, 0.6) is 5.75 Å². The number of ketones is 1. The first-order chi connectivity index (χ1) is 14.8. The SMILES string of the molecule is CCN(CC)CCN1C(=O)C(=O)/C(=C(\O)c2cc(C)cc(C)c2OC)C1c1cccs1. The van der Waals surface area contributed by atoms with Crippen molar-refractivity contribution in [1.82, 2.24) is 9.80 Å². The number of aliphatic hydroxyl groups is 1. The smallest absolute Gasteiger partial charge is 0.295 e. The van der Waals surface area contributed by atoms with Crippen LogP contribution < -0.4 is 4.74 Å². The van der Waals surface area contributed by atoms with Gasteiger partial charge in [-0.3, -0.25) is 9.59 Å². The minimum Gasteiger partial charge on any atom is -0.507 e. The van der Waals surface area contributed by atoms with Crippen molar-refractivity contribution in [1.29, 1.82) is 0 Å². The van der Waals surface area contributed by atoms with Crippen LogP contribution in [0.25, 0.3) is 5.76 Å². The Balaban J connectivity index is 2.14. The van der Waals surface area contributed by atoms with E-state index < -0.39 is 17.7 Å². The van der Waals surface area contributed by atoms with Gasteiger partial charge < -0.3 is 19.6 Å². The number of hydrogen-bond acceptors (Lipinski definition) is 6. The fourth-order valence-corrected chi connectivity index (χ4v) is 5.03. The van der Waals surface area contributed by atoms with Gasteiger partial charge in [0.1, 0.15) is 11.5 Å². The molecule has 0 radical (unpaired) electrons. The van der Waals surface area contributed by atoms with Crippen LogP contribution in [0.2, 0.25) is 0 Å². The number of Topliss-reactive ketones (excluding diaryl/α,β-unsaturated/α-hetero) is 1. The Morgan fingerprint density at radius 2 is 1.94 bits per heavy atom. The average Bonchev–Trinajstić information content (AvgIpc) is 3.35. The molecule has 166 valence electrons. The number of methoxy groups -OCH3 is 1. The molecule has 1 aromatic carbocycles. The fourth-order valence-electron chi connectivity index (χ4n) is 4.19. The van der Waals surface area contributed by atoms with Gasteiger partial charge in [-0.25, -0.2) is 0 Å². The molecule has 0 spiro atoms. The Morgan fingerprint density at radius 3 is 2.52 bits per heavy atom. The number of aliphatic hydroxyl groups excluding tert-OH is 1. The molecule has 1 aliphatic heterocycles. The summed E-state index contributed by atoms with van der Waals surface area (Å²) in [6.07, 6.45) is 0. The summed E-state index contributed by atoms with van der Waals surface area (Å²) in [5.74, 6) is -0.916. The second-order valence-electron chi connectivity index (χ2n) is 7.70.